The summed E-state index contributed by atoms with van der Waals surface area (Å²) in [5.74, 6) is 0. The minimum atomic E-state index is -0.0839. The van der Waals surface area contributed by atoms with Crippen molar-refractivity contribution in [3.8, 4) is 0 Å². The van der Waals surface area contributed by atoms with Gasteiger partial charge in [-0.15, -0.1) is 0 Å². The summed E-state index contributed by atoms with van der Waals surface area (Å²) in [6.07, 6.45) is 2.74. The van der Waals surface area contributed by atoms with E-state index in [2.05, 4.69) is 5.32 Å². The number of urea groups is 1. The SMILES string of the molecule is CC(C)=CCO[C@@H]1COCC[C@H]1NC(=O)N1CCOCC1. The Kier molecular flexibility index (Phi) is 6.48. The van der Waals surface area contributed by atoms with Crippen molar-refractivity contribution in [3.63, 3.8) is 0 Å². The molecule has 0 saturated carbocycles. The Morgan fingerprint density at radius 3 is 2.76 bits per heavy atom. The van der Waals surface area contributed by atoms with Crippen LogP contribution >= 0.6 is 0 Å². The highest BCUT2D eigenvalue weighted by molar-refractivity contribution is 5.74. The fourth-order valence-corrected chi connectivity index (χ4v) is 2.40. The van der Waals surface area contributed by atoms with Crippen LogP contribution in [0.4, 0.5) is 4.79 Å². The van der Waals surface area contributed by atoms with Crippen molar-refractivity contribution in [3.05, 3.63) is 11.6 Å². The van der Waals surface area contributed by atoms with Gasteiger partial charge in [-0.3, -0.25) is 0 Å². The lowest BCUT2D eigenvalue weighted by Gasteiger charge is -2.34. The van der Waals surface area contributed by atoms with E-state index in [1.165, 1.54) is 5.57 Å². The number of hydrogen-bond acceptors (Lipinski definition) is 4. The molecule has 2 heterocycles. The Morgan fingerprint density at radius 1 is 1.29 bits per heavy atom. The van der Waals surface area contributed by atoms with Crippen molar-refractivity contribution >= 4 is 6.03 Å². The van der Waals surface area contributed by atoms with Gasteiger partial charge in [-0.25, -0.2) is 4.79 Å². The highest BCUT2D eigenvalue weighted by atomic mass is 16.5. The second kappa shape index (κ2) is 8.36. The average Bonchev–Trinajstić information content (AvgIpc) is 2.49. The van der Waals surface area contributed by atoms with Gasteiger partial charge in [-0.1, -0.05) is 11.6 Å². The monoisotopic (exact) mass is 298 g/mol. The third kappa shape index (κ3) is 5.30. The lowest BCUT2D eigenvalue weighted by Crippen LogP contribution is -2.55. The predicted molar refractivity (Wildman–Crippen MR) is 79.3 cm³/mol. The number of nitrogens with zero attached hydrogens (tertiary/aromatic N) is 1. The molecule has 6 heteroatoms. The summed E-state index contributed by atoms with van der Waals surface area (Å²) < 4.78 is 16.6. The number of allylic oxidation sites excluding steroid dienone is 1. The highest BCUT2D eigenvalue weighted by Gasteiger charge is 2.29. The normalized spacial score (nSPS) is 26.3. The van der Waals surface area contributed by atoms with Crippen molar-refractivity contribution in [2.45, 2.75) is 32.4 Å². The Hall–Kier alpha value is -1.11. The number of ether oxygens (including phenoxy) is 3. The Bertz CT molecular complexity index is 363. The minimum Gasteiger partial charge on any atom is -0.379 e. The molecule has 2 fully saturated rings. The van der Waals surface area contributed by atoms with Gasteiger partial charge in [-0.05, 0) is 20.3 Å². The van der Waals surface area contributed by atoms with Gasteiger partial charge < -0.3 is 24.4 Å². The summed E-state index contributed by atoms with van der Waals surface area (Å²) in [5, 5.41) is 3.08. The molecule has 2 aliphatic rings. The van der Waals surface area contributed by atoms with Gasteiger partial charge in [0.1, 0.15) is 6.10 Å². The molecular formula is C15H26N2O4. The molecule has 0 bridgehead atoms. The van der Waals surface area contributed by atoms with E-state index in [0.717, 1.165) is 6.42 Å². The summed E-state index contributed by atoms with van der Waals surface area (Å²) in [6.45, 7) is 8.36. The molecule has 0 spiro atoms. The zero-order chi connectivity index (χ0) is 15.1. The Morgan fingerprint density at radius 2 is 2.05 bits per heavy atom. The van der Waals surface area contributed by atoms with Crippen LogP contribution in [-0.4, -0.2) is 69.2 Å². The van der Waals surface area contributed by atoms with Crippen molar-refractivity contribution in [2.24, 2.45) is 0 Å². The van der Waals surface area contributed by atoms with Crippen molar-refractivity contribution in [2.75, 3.05) is 46.1 Å². The van der Waals surface area contributed by atoms with Crippen LogP contribution in [0.15, 0.2) is 11.6 Å². The fourth-order valence-electron chi connectivity index (χ4n) is 2.40. The first-order chi connectivity index (χ1) is 10.2. The van der Waals surface area contributed by atoms with Crippen molar-refractivity contribution in [1.82, 2.24) is 10.2 Å². The number of carbonyl (C=O) groups is 1. The van der Waals surface area contributed by atoms with E-state index in [-0.39, 0.29) is 18.2 Å². The molecule has 2 amide bonds. The van der Waals surface area contributed by atoms with E-state index in [4.69, 9.17) is 14.2 Å². The van der Waals surface area contributed by atoms with Gasteiger partial charge in [0, 0.05) is 19.7 Å². The second-order valence-corrected chi connectivity index (χ2v) is 5.67. The molecule has 0 aliphatic carbocycles. The van der Waals surface area contributed by atoms with Crippen LogP contribution in [-0.2, 0) is 14.2 Å². The number of rotatable bonds is 4. The number of nitrogens with one attached hydrogen (secondary N) is 1. The molecule has 1 N–H and O–H groups in total. The maximum absolute atomic E-state index is 12.2. The predicted octanol–water partition coefficient (Wildman–Crippen LogP) is 1.17. The van der Waals surface area contributed by atoms with E-state index in [9.17, 15) is 4.79 Å². The minimum absolute atomic E-state index is 0.0136. The Labute approximate surface area is 126 Å². The molecule has 0 unspecified atom stereocenters. The van der Waals surface area contributed by atoms with Crippen LogP contribution in [0, 0.1) is 0 Å². The van der Waals surface area contributed by atoms with E-state index >= 15 is 0 Å². The molecule has 0 aromatic rings. The molecule has 2 rings (SSSR count). The van der Waals surface area contributed by atoms with Crippen LogP contribution < -0.4 is 5.32 Å². The second-order valence-electron chi connectivity index (χ2n) is 5.67. The lowest BCUT2D eigenvalue weighted by atomic mass is 10.1. The summed E-state index contributed by atoms with van der Waals surface area (Å²) in [4.78, 5) is 14.0. The molecule has 0 radical (unpaired) electrons. The number of hydrogen-bond donors (Lipinski definition) is 1. The maximum atomic E-state index is 12.2. The number of carbonyl (C=O) groups excluding carboxylic acids is 1. The van der Waals surface area contributed by atoms with E-state index in [1.807, 2.05) is 19.9 Å². The maximum Gasteiger partial charge on any atom is 0.317 e. The number of amides is 2. The van der Waals surface area contributed by atoms with E-state index < -0.39 is 0 Å². The van der Waals surface area contributed by atoms with Gasteiger partial charge in [0.25, 0.3) is 0 Å². The van der Waals surface area contributed by atoms with Crippen molar-refractivity contribution < 1.29 is 19.0 Å². The largest absolute Gasteiger partial charge is 0.379 e. The Balaban J connectivity index is 1.82. The van der Waals surface area contributed by atoms with Crippen LogP contribution in [0.3, 0.4) is 0 Å². The van der Waals surface area contributed by atoms with Crippen LogP contribution in [0.1, 0.15) is 20.3 Å². The lowest BCUT2D eigenvalue weighted by molar-refractivity contribution is -0.0594. The van der Waals surface area contributed by atoms with Crippen LogP contribution in [0.5, 0.6) is 0 Å². The molecule has 6 nitrogen and oxygen atoms in total. The van der Waals surface area contributed by atoms with E-state index in [0.29, 0.717) is 46.1 Å². The first-order valence-corrected chi connectivity index (χ1v) is 7.62. The van der Waals surface area contributed by atoms with Crippen LogP contribution in [0.2, 0.25) is 0 Å². The molecule has 21 heavy (non-hydrogen) atoms. The van der Waals surface area contributed by atoms with Crippen molar-refractivity contribution in [1.29, 1.82) is 0 Å². The third-order valence-corrected chi connectivity index (χ3v) is 3.71. The van der Waals surface area contributed by atoms with Crippen LogP contribution in [0.25, 0.3) is 0 Å². The molecule has 2 saturated heterocycles. The summed E-state index contributed by atoms with van der Waals surface area (Å²) >= 11 is 0. The zero-order valence-electron chi connectivity index (χ0n) is 13.0. The van der Waals surface area contributed by atoms with Gasteiger partial charge in [0.15, 0.2) is 0 Å². The topological polar surface area (TPSA) is 60.0 Å². The third-order valence-electron chi connectivity index (χ3n) is 3.71. The average molecular weight is 298 g/mol. The first-order valence-electron chi connectivity index (χ1n) is 7.62. The summed E-state index contributed by atoms with van der Waals surface area (Å²) in [7, 11) is 0. The molecule has 2 atom stereocenters. The molecule has 120 valence electrons. The summed E-state index contributed by atoms with van der Waals surface area (Å²) in [5.41, 5.74) is 1.22. The zero-order valence-corrected chi connectivity index (χ0v) is 13.0. The molecule has 0 aromatic heterocycles. The molecule has 2 aliphatic heterocycles. The molecular weight excluding hydrogens is 272 g/mol. The smallest absolute Gasteiger partial charge is 0.317 e. The quantitative estimate of drug-likeness (QED) is 0.792. The number of morpholine rings is 1. The molecule has 0 aromatic carbocycles. The van der Waals surface area contributed by atoms with Gasteiger partial charge in [0.05, 0.1) is 32.5 Å². The van der Waals surface area contributed by atoms with Gasteiger partial charge in [-0.2, -0.15) is 0 Å². The van der Waals surface area contributed by atoms with E-state index in [1.54, 1.807) is 4.90 Å². The van der Waals surface area contributed by atoms with Gasteiger partial charge in [0.2, 0.25) is 0 Å². The fraction of sp³-hybridized carbons (Fsp3) is 0.800. The standard InChI is InChI=1S/C15H26N2O4/c1-12(2)3-8-21-14-11-20-7-4-13(14)16-15(18)17-5-9-19-10-6-17/h3,13-14H,4-11H2,1-2H3,(H,16,18)/t13-,14-/m1/s1. The summed E-state index contributed by atoms with van der Waals surface area (Å²) in [6, 6.07) is -0.0133. The first kappa shape index (κ1) is 16.3. The highest BCUT2D eigenvalue weighted by Crippen LogP contribution is 2.13. The van der Waals surface area contributed by atoms with Gasteiger partial charge >= 0.3 is 6.03 Å².